The Morgan fingerprint density at radius 3 is 2.55 bits per heavy atom. The molecule has 1 saturated carbocycles. The Balaban J connectivity index is 2.29. The molecule has 3 aliphatic carbocycles. The van der Waals surface area contributed by atoms with E-state index in [0.29, 0.717) is 11.8 Å². The van der Waals surface area contributed by atoms with Crippen LogP contribution in [-0.4, -0.2) is 6.29 Å². The third kappa shape index (κ3) is 0.943. The summed E-state index contributed by atoms with van der Waals surface area (Å²) in [7, 11) is 0. The first-order valence-corrected chi connectivity index (χ1v) is 4.39. The van der Waals surface area contributed by atoms with Crippen molar-refractivity contribution in [1.29, 1.82) is 0 Å². The Kier molecular flexibility index (Phi) is 1.41. The molecule has 11 heavy (non-hydrogen) atoms. The largest absolute Gasteiger partial charge is 0.303 e. The maximum atomic E-state index is 10.8. The lowest BCUT2D eigenvalue weighted by atomic mass is 9.61. The second kappa shape index (κ2) is 2.20. The Bertz CT molecular complexity index is 207. The van der Waals surface area contributed by atoms with Gasteiger partial charge in [-0.1, -0.05) is 19.1 Å². The molecule has 0 N–H and O–H groups in total. The number of fused-ring (bicyclic) bond motifs is 2. The number of allylic oxidation sites excluding steroid dienone is 2. The minimum absolute atomic E-state index is 0.0301. The zero-order valence-electron chi connectivity index (χ0n) is 6.92. The van der Waals surface area contributed by atoms with E-state index in [1.54, 1.807) is 0 Å². The molecule has 3 aliphatic rings. The predicted molar refractivity (Wildman–Crippen MR) is 44.1 cm³/mol. The molecule has 0 heterocycles. The quantitative estimate of drug-likeness (QED) is 0.413. The summed E-state index contributed by atoms with van der Waals surface area (Å²) in [4.78, 5) is 10.8. The highest BCUT2D eigenvalue weighted by atomic mass is 16.1. The number of aldehydes is 1. The Hall–Kier alpha value is -0.590. The second-order valence-electron chi connectivity index (χ2n) is 4.16. The molecule has 60 valence electrons. The smallest absolute Gasteiger partial charge is 0.126 e. The summed E-state index contributed by atoms with van der Waals surface area (Å²) in [5, 5.41) is 0. The van der Waals surface area contributed by atoms with Crippen molar-refractivity contribution in [2.45, 2.75) is 26.2 Å². The molecule has 1 fully saturated rings. The SMILES string of the molecule is C[C@@]1(C=O)C[C@@H]2C=C[C@H]1CC2. The number of hydrogen-bond acceptors (Lipinski definition) is 1. The Morgan fingerprint density at radius 1 is 1.45 bits per heavy atom. The number of carbonyl (C=O) groups excluding carboxylic acids is 1. The van der Waals surface area contributed by atoms with Crippen LogP contribution in [0.5, 0.6) is 0 Å². The first-order valence-electron chi connectivity index (χ1n) is 4.39. The van der Waals surface area contributed by atoms with E-state index in [4.69, 9.17) is 0 Å². The zero-order valence-corrected chi connectivity index (χ0v) is 6.92. The van der Waals surface area contributed by atoms with Gasteiger partial charge in [0.25, 0.3) is 0 Å². The summed E-state index contributed by atoms with van der Waals surface area (Å²) in [6.45, 7) is 2.10. The van der Waals surface area contributed by atoms with Crippen LogP contribution in [0.3, 0.4) is 0 Å². The van der Waals surface area contributed by atoms with Crippen LogP contribution in [0.15, 0.2) is 12.2 Å². The normalized spacial score (nSPS) is 47.7. The Morgan fingerprint density at radius 2 is 2.27 bits per heavy atom. The van der Waals surface area contributed by atoms with Crippen LogP contribution >= 0.6 is 0 Å². The van der Waals surface area contributed by atoms with Crippen LogP contribution in [0, 0.1) is 17.3 Å². The van der Waals surface area contributed by atoms with Crippen molar-refractivity contribution >= 4 is 6.29 Å². The zero-order chi connectivity index (χ0) is 7.90. The third-order valence-corrected chi connectivity index (χ3v) is 3.28. The summed E-state index contributed by atoms with van der Waals surface area (Å²) in [6, 6.07) is 0. The molecule has 0 amide bonds. The highest BCUT2D eigenvalue weighted by Gasteiger charge is 2.40. The van der Waals surface area contributed by atoms with E-state index in [1.165, 1.54) is 12.8 Å². The molecule has 1 nitrogen and oxygen atoms in total. The number of carbonyl (C=O) groups is 1. The Labute approximate surface area is 67.5 Å². The van der Waals surface area contributed by atoms with Gasteiger partial charge in [0.15, 0.2) is 0 Å². The van der Waals surface area contributed by atoms with E-state index in [2.05, 4.69) is 19.1 Å². The van der Waals surface area contributed by atoms with Crippen molar-refractivity contribution in [2.24, 2.45) is 17.3 Å². The molecule has 0 saturated heterocycles. The number of rotatable bonds is 1. The fourth-order valence-corrected chi connectivity index (χ4v) is 2.45. The van der Waals surface area contributed by atoms with Gasteiger partial charge in [-0.3, -0.25) is 0 Å². The van der Waals surface area contributed by atoms with Gasteiger partial charge in [0, 0.05) is 5.41 Å². The van der Waals surface area contributed by atoms with Crippen LogP contribution in [0.1, 0.15) is 26.2 Å². The molecule has 3 rings (SSSR count). The van der Waals surface area contributed by atoms with E-state index in [1.807, 2.05) is 0 Å². The summed E-state index contributed by atoms with van der Waals surface area (Å²) in [6.07, 6.45) is 9.29. The molecule has 0 aromatic carbocycles. The fourth-order valence-electron chi connectivity index (χ4n) is 2.45. The van der Waals surface area contributed by atoms with Gasteiger partial charge in [-0.05, 0) is 31.1 Å². The highest BCUT2D eigenvalue weighted by molar-refractivity contribution is 5.61. The van der Waals surface area contributed by atoms with Crippen LogP contribution in [0.4, 0.5) is 0 Å². The summed E-state index contributed by atoms with van der Waals surface area (Å²) >= 11 is 0. The topological polar surface area (TPSA) is 17.1 Å². The fraction of sp³-hybridized carbons (Fsp3) is 0.700. The van der Waals surface area contributed by atoms with E-state index in [-0.39, 0.29) is 5.41 Å². The van der Waals surface area contributed by atoms with Crippen molar-refractivity contribution in [2.75, 3.05) is 0 Å². The molecule has 0 radical (unpaired) electrons. The molecule has 0 aromatic heterocycles. The molecule has 0 aliphatic heterocycles. The lowest BCUT2D eigenvalue weighted by Crippen LogP contribution is -2.37. The average molecular weight is 150 g/mol. The lowest BCUT2D eigenvalue weighted by molar-refractivity contribution is -0.119. The van der Waals surface area contributed by atoms with Gasteiger partial charge >= 0.3 is 0 Å². The molecule has 2 bridgehead atoms. The average Bonchev–Trinajstić information content (AvgIpc) is 2.06. The standard InChI is InChI=1S/C10H14O/c1-10(7-11)6-8-2-4-9(10)5-3-8/h2,4,7-9H,3,5-6H2,1H3/t8-,9+,10+/m1/s1. The van der Waals surface area contributed by atoms with Crippen molar-refractivity contribution < 1.29 is 4.79 Å². The van der Waals surface area contributed by atoms with E-state index < -0.39 is 0 Å². The van der Waals surface area contributed by atoms with Crippen molar-refractivity contribution in [3.05, 3.63) is 12.2 Å². The first-order chi connectivity index (χ1) is 5.24. The minimum atomic E-state index is -0.0301. The molecular weight excluding hydrogens is 136 g/mol. The maximum absolute atomic E-state index is 10.8. The van der Waals surface area contributed by atoms with Crippen LogP contribution in [0.25, 0.3) is 0 Å². The van der Waals surface area contributed by atoms with Gasteiger partial charge in [-0.25, -0.2) is 0 Å². The molecule has 0 unspecified atom stereocenters. The van der Waals surface area contributed by atoms with Gasteiger partial charge in [-0.15, -0.1) is 0 Å². The molecule has 0 spiro atoms. The lowest BCUT2D eigenvalue weighted by Gasteiger charge is -2.42. The van der Waals surface area contributed by atoms with Crippen LogP contribution < -0.4 is 0 Å². The highest BCUT2D eigenvalue weighted by Crippen LogP contribution is 2.47. The third-order valence-electron chi connectivity index (χ3n) is 3.28. The van der Waals surface area contributed by atoms with Gasteiger partial charge in [-0.2, -0.15) is 0 Å². The molecular formula is C10H14O. The van der Waals surface area contributed by atoms with Crippen molar-refractivity contribution in [3.63, 3.8) is 0 Å². The first kappa shape index (κ1) is 7.08. The van der Waals surface area contributed by atoms with Crippen LogP contribution in [0.2, 0.25) is 0 Å². The van der Waals surface area contributed by atoms with Gasteiger partial charge in [0.2, 0.25) is 0 Å². The summed E-state index contributed by atoms with van der Waals surface area (Å²) in [5.74, 6) is 1.22. The van der Waals surface area contributed by atoms with Crippen molar-refractivity contribution in [1.82, 2.24) is 0 Å². The second-order valence-corrected chi connectivity index (χ2v) is 4.16. The molecule has 3 atom stereocenters. The maximum Gasteiger partial charge on any atom is 0.126 e. The summed E-state index contributed by atoms with van der Waals surface area (Å²) in [5.41, 5.74) is -0.0301. The van der Waals surface area contributed by atoms with Gasteiger partial charge in [0.1, 0.15) is 6.29 Å². The predicted octanol–water partition coefficient (Wildman–Crippen LogP) is 2.18. The van der Waals surface area contributed by atoms with Crippen LogP contribution in [-0.2, 0) is 4.79 Å². The van der Waals surface area contributed by atoms with Crippen molar-refractivity contribution in [3.8, 4) is 0 Å². The van der Waals surface area contributed by atoms with E-state index in [0.717, 1.165) is 12.7 Å². The van der Waals surface area contributed by atoms with E-state index >= 15 is 0 Å². The number of hydrogen-bond donors (Lipinski definition) is 0. The molecule has 0 aromatic rings. The minimum Gasteiger partial charge on any atom is -0.303 e. The monoisotopic (exact) mass is 150 g/mol. The van der Waals surface area contributed by atoms with Gasteiger partial charge in [0.05, 0.1) is 0 Å². The summed E-state index contributed by atoms with van der Waals surface area (Å²) < 4.78 is 0. The molecule has 1 heteroatoms. The van der Waals surface area contributed by atoms with Gasteiger partial charge < -0.3 is 4.79 Å². The van der Waals surface area contributed by atoms with E-state index in [9.17, 15) is 4.79 Å².